The van der Waals surface area contributed by atoms with Crippen molar-refractivity contribution in [1.29, 1.82) is 0 Å². The number of aryl methyl sites for hydroxylation is 1. The van der Waals surface area contributed by atoms with Crippen molar-refractivity contribution >= 4 is 34.1 Å². The molecule has 0 bridgehead atoms. The molecule has 0 aliphatic heterocycles. The normalized spacial score (nSPS) is 11.9. The zero-order chi connectivity index (χ0) is 28.6. The van der Waals surface area contributed by atoms with Gasteiger partial charge < -0.3 is 15.0 Å². The van der Waals surface area contributed by atoms with E-state index in [0.29, 0.717) is 17.3 Å². The largest absolute Gasteiger partial charge is 0.487 e. The molecular weight excluding hydrogens is 508 g/mol. The zero-order valence-corrected chi connectivity index (χ0v) is 24.9. The van der Waals surface area contributed by atoms with Crippen LogP contribution < -0.4 is 10.1 Å². The van der Waals surface area contributed by atoms with Crippen LogP contribution in [0.15, 0.2) is 55.4 Å². The lowest BCUT2D eigenvalue weighted by Gasteiger charge is -2.28. The van der Waals surface area contributed by atoms with Crippen LogP contribution in [-0.4, -0.2) is 34.9 Å². The van der Waals surface area contributed by atoms with E-state index < -0.39 is 0 Å². The van der Waals surface area contributed by atoms with Crippen LogP contribution in [0.25, 0.3) is 16.6 Å². The fourth-order valence-electron chi connectivity index (χ4n) is 5.08. The molecule has 0 atom stereocenters. The van der Waals surface area contributed by atoms with Crippen molar-refractivity contribution in [3.05, 3.63) is 82.8 Å². The highest BCUT2D eigenvalue weighted by atomic mass is 35.5. The number of benzene rings is 1. The average molecular weight is 549 g/mol. The highest BCUT2D eigenvalue weighted by Gasteiger charge is 2.31. The van der Waals surface area contributed by atoms with Crippen molar-refractivity contribution in [2.75, 3.05) is 14.1 Å². The van der Waals surface area contributed by atoms with Crippen molar-refractivity contribution in [2.45, 2.75) is 66.5 Å². The molecule has 0 saturated carbocycles. The van der Waals surface area contributed by atoms with Gasteiger partial charge in [-0.25, -0.2) is 4.98 Å². The van der Waals surface area contributed by atoms with Gasteiger partial charge in [-0.3, -0.25) is 9.78 Å². The number of amides is 1. The summed E-state index contributed by atoms with van der Waals surface area (Å²) in [7, 11) is 4.02. The number of carbonyl (C=O) groups excluding carboxylic acids is 1. The second-order valence-electron chi connectivity index (χ2n) is 10.4. The quantitative estimate of drug-likeness (QED) is 0.224. The Morgan fingerprint density at radius 3 is 2.56 bits per heavy atom. The Bertz CT molecular complexity index is 1340. The summed E-state index contributed by atoms with van der Waals surface area (Å²) in [6, 6.07) is 8.01. The molecule has 39 heavy (non-hydrogen) atoms. The second-order valence-corrected chi connectivity index (χ2v) is 10.8. The van der Waals surface area contributed by atoms with E-state index in [9.17, 15) is 4.79 Å². The summed E-state index contributed by atoms with van der Waals surface area (Å²) in [4.78, 5) is 24.3. The fourth-order valence-corrected chi connectivity index (χ4v) is 5.31. The summed E-state index contributed by atoms with van der Waals surface area (Å²) >= 11 is 6.59. The topological polar surface area (TPSA) is 67.4 Å². The maximum absolute atomic E-state index is 13.1. The van der Waals surface area contributed by atoms with Gasteiger partial charge in [0.15, 0.2) is 0 Å². The number of nitrogens with zero attached hydrogens (tertiary/aromatic N) is 3. The van der Waals surface area contributed by atoms with E-state index in [2.05, 4.69) is 41.7 Å². The zero-order valence-electron chi connectivity index (χ0n) is 24.1. The van der Waals surface area contributed by atoms with Crippen molar-refractivity contribution in [3.63, 3.8) is 0 Å². The van der Waals surface area contributed by atoms with Gasteiger partial charge in [0.05, 0.1) is 5.02 Å². The minimum Gasteiger partial charge on any atom is -0.487 e. The van der Waals surface area contributed by atoms with Crippen LogP contribution in [0, 0.1) is 12.3 Å². The van der Waals surface area contributed by atoms with Crippen LogP contribution in [0.4, 0.5) is 0 Å². The second kappa shape index (κ2) is 13.6. The Kier molecular flexibility index (Phi) is 10.5. The highest BCUT2D eigenvalue weighted by molar-refractivity contribution is 6.31. The minimum atomic E-state index is -0.387. The lowest BCUT2D eigenvalue weighted by molar-refractivity contribution is -0.131. The average Bonchev–Trinajstić information content (AvgIpc) is 2.89. The van der Waals surface area contributed by atoms with E-state index in [0.717, 1.165) is 64.7 Å². The summed E-state index contributed by atoms with van der Waals surface area (Å²) in [5.74, 6) is 0.721. The third-order valence-corrected chi connectivity index (χ3v) is 7.35. The standard InChI is InChI=1S/C32H41ClN4O2/c1-8-12-28(37(6)7)25-17-22(4)36-30-24(25)13-11-14-29(30)39-21-26-23(18-34-20-27(26)33)19-35-31(38)32(5,15-9-2)16-10-3/h8,11-14,17-18,20H,1,9-10,15-16,19,21H2,2-7H3,(H,35,38)/b28-12-. The Morgan fingerprint density at radius 2 is 1.92 bits per heavy atom. The molecule has 0 unspecified atom stereocenters. The van der Waals surface area contributed by atoms with E-state index in [-0.39, 0.29) is 17.9 Å². The molecule has 6 nitrogen and oxygen atoms in total. The number of fused-ring (bicyclic) bond motifs is 1. The number of rotatable bonds is 13. The molecule has 0 radical (unpaired) electrons. The molecule has 3 aromatic rings. The van der Waals surface area contributed by atoms with Gasteiger partial charge in [0.2, 0.25) is 5.91 Å². The maximum atomic E-state index is 13.1. The molecule has 0 spiro atoms. The van der Waals surface area contributed by atoms with Crippen molar-refractivity contribution in [3.8, 4) is 5.75 Å². The number of allylic oxidation sites excluding steroid dienone is 2. The first-order valence-electron chi connectivity index (χ1n) is 13.6. The number of nitrogens with one attached hydrogen (secondary N) is 1. The Hall–Kier alpha value is -3.38. The third kappa shape index (κ3) is 7.18. The molecule has 0 fully saturated rings. The molecule has 1 N–H and O–H groups in total. The van der Waals surface area contributed by atoms with Crippen LogP contribution in [0.3, 0.4) is 0 Å². The number of para-hydroxylation sites is 1. The van der Waals surface area contributed by atoms with Crippen LogP contribution in [0.1, 0.15) is 68.8 Å². The lowest BCUT2D eigenvalue weighted by Crippen LogP contribution is -2.38. The minimum absolute atomic E-state index is 0.0589. The van der Waals surface area contributed by atoms with Gasteiger partial charge in [-0.2, -0.15) is 0 Å². The first-order chi connectivity index (χ1) is 18.6. The number of pyridine rings is 2. The van der Waals surface area contributed by atoms with Crippen LogP contribution in [0.2, 0.25) is 5.02 Å². The van der Waals surface area contributed by atoms with E-state index in [1.54, 1.807) is 18.5 Å². The molecule has 3 rings (SSSR count). The van der Waals surface area contributed by atoms with Crippen LogP contribution >= 0.6 is 11.6 Å². The van der Waals surface area contributed by atoms with E-state index in [1.807, 2.05) is 52.2 Å². The predicted octanol–water partition coefficient (Wildman–Crippen LogP) is 7.48. The van der Waals surface area contributed by atoms with Gasteiger partial charge in [-0.15, -0.1) is 0 Å². The Morgan fingerprint density at radius 1 is 1.21 bits per heavy atom. The van der Waals surface area contributed by atoms with E-state index in [4.69, 9.17) is 21.3 Å². The maximum Gasteiger partial charge on any atom is 0.226 e. The molecule has 1 amide bonds. The summed E-state index contributed by atoms with van der Waals surface area (Å²) in [5.41, 5.74) is 5.00. The first-order valence-corrected chi connectivity index (χ1v) is 14.0. The van der Waals surface area contributed by atoms with Crippen LogP contribution in [-0.2, 0) is 17.9 Å². The highest BCUT2D eigenvalue weighted by Crippen LogP contribution is 2.33. The molecule has 0 aliphatic rings. The van der Waals surface area contributed by atoms with Gasteiger partial charge in [0.1, 0.15) is 17.9 Å². The molecule has 2 aromatic heterocycles. The predicted molar refractivity (Wildman–Crippen MR) is 162 cm³/mol. The number of hydrogen-bond donors (Lipinski definition) is 1. The number of hydrogen-bond acceptors (Lipinski definition) is 5. The molecular formula is C32H41ClN4O2. The molecule has 2 heterocycles. The Labute approximate surface area is 238 Å². The van der Waals surface area contributed by atoms with Gasteiger partial charge in [0, 0.05) is 66.4 Å². The SMILES string of the molecule is C=C/C=C(/c1cc(C)nc2c(OCc3c(Cl)cncc3CNC(=O)C(C)(CCC)CCC)cccc12)N(C)C. The number of carbonyl (C=O) groups is 1. The van der Waals surface area contributed by atoms with Gasteiger partial charge in [-0.05, 0) is 43.5 Å². The fraction of sp³-hybridized carbons (Fsp3) is 0.406. The van der Waals surface area contributed by atoms with E-state index >= 15 is 0 Å². The summed E-state index contributed by atoms with van der Waals surface area (Å²) in [6.45, 7) is 12.7. The first kappa shape index (κ1) is 30.2. The molecule has 0 aliphatic carbocycles. The van der Waals surface area contributed by atoms with Crippen molar-refractivity contribution in [1.82, 2.24) is 20.2 Å². The van der Waals surface area contributed by atoms with Crippen LogP contribution in [0.5, 0.6) is 5.75 Å². The summed E-state index contributed by atoms with van der Waals surface area (Å²) in [6.07, 6.45) is 10.8. The molecule has 7 heteroatoms. The van der Waals surface area contributed by atoms with Crippen molar-refractivity contribution < 1.29 is 9.53 Å². The Balaban J connectivity index is 1.90. The smallest absolute Gasteiger partial charge is 0.226 e. The summed E-state index contributed by atoms with van der Waals surface area (Å²) < 4.78 is 6.35. The lowest BCUT2D eigenvalue weighted by atomic mass is 9.80. The monoisotopic (exact) mass is 548 g/mol. The van der Waals surface area contributed by atoms with Gasteiger partial charge in [0.25, 0.3) is 0 Å². The van der Waals surface area contributed by atoms with Crippen molar-refractivity contribution in [2.24, 2.45) is 5.41 Å². The third-order valence-electron chi connectivity index (χ3n) is 7.02. The van der Waals surface area contributed by atoms with E-state index in [1.165, 1.54) is 0 Å². The van der Waals surface area contributed by atoms with Gasteiger partial charge >= 0.3 is 0 Å². The number of halogens is 1. The molecule has 0 saturated heterocycles. The molecule has 1 aromatic carbocycles. The number of aromatic nitrogens is 2. The summed E-state index contributed by atoms with van der Waals surface area (Å²) in [5, 5.41) is 4.62. The number of ether oxygens (including phenoxy) is 1. The molecule has 208 valence electrons. The van der Waals surface area contributed by atoms with Gasteiger partial charge in [-0.1, -0.05) is 70.0 Å².